The minimum Gasteiger partial charge on any atom is -0.379 e. The number of ether oxygens (including phenoxy) is 8. The van der Waals surface area contributed by atoms with E-state index in [0.29, 0.717) is 48.8 Å². The average Bonchev–Trinajstić information content (AvgIpc) is 1.15. The lowest BCUT2D eigenvalue weighted by Crippen LogP contribution is -2.33. The maximum atomic E-state index is 6.01. The predicted molar refractivity (Wildman–Crippen MR) is 467 cm³/mol. The largest absolute Gasteiger partial charge is 0.379 e. The number of hydrogen-bond acceptors (Lipinski definition) is 8. The van der Waals surface area contributed by atoms with Gasteiger partial charge in [0.15, 0.2) is 0 Å². The molecule has 1 aromatic carbocycles. The van der Waals surface area contributed by atoms with Crippen molar-refractivity contribution in [3.05, 3.63) is 48.6 Å². The van der Waals surface area contributed by atoms with Gasteiger partial charge in [0.2, 0.25) is 0 Å². The molecule has 8 nitrogen and oxygen atoms in total. The van der Waals surface area contributed by atoms with Gasteiger partial charge in [0.25, 0.3) is 0 Å². The highest BCUT2D eigenvalue weighted by Gasteiger charge is 2.34. The lowest BCUT2D eigenvalue weighted by atomic mass is 9.75. The fourth-order valence-corrected chi connectivity index (χ4v) is 18.5. The summed E-state index contributed by atoms with van der Waals surface area (Å²) < 4.78 is 46.3. The molecule has 0 radical (unpaired) electrons. The van der Waals surface area contributed by atoms with Gasteiger partial charge in [0.05, 0.1) is 73.2 Å². The van der Waals surface area contributed by atoms with Gasteiger partial charge in [-0.2, -0.15) is 0 Å². The van der Waals surface area contributed by atoms with Gasteiger partial charge in [0.1, 0.15) is 0 Å². The Morgan fingerprint density at radius 1 is 0.380 bits per heavy atom. The van der Waals surface area contributed by atoms with Crippen molar-refractivity contribution in [2.24, 2.45) is 101 Å². The molecule has 0 aliphatic heterocycles. The molecule has 0 bridgehead atoms. The number of rotatable bonds is 26. The van der Waals surface area contributed by atoms with E-state index in [1.54, 1.807) is 0 Å². The first-order chi connectivity index (χ1) is 51.3. The summed E-state index contributed by atoms with van der Waals surface area (Å²) >= 11 is 0. The van der Waals surface area contributed by atoms with Gasteiger partial charge in [-0.05, 0) is 379 Å². The van der Waals surface area contributed by atoms with E-state index in [9.17, 15) is 0 Å². The molecule has 9 aliphatic carbocycles. The second kappa shape index (κ2) is 56.9. The molecular weight excluding hydrogens is 1330 g/mol. The fourth-order valence-electron chi connectivity index (χ4n) is 18.5. The molecule has 0 aromatic heterocycles. The smallest absolute Gasteiger partial charge is 0.0720 e. The van der Waals surface area contributed by atoms with Crippen molar-refractivity contribution in [1.29, 1.82) is 0 Å². The lowest BCUT2D eigenvalue weighted by Gasteiger charge is -2.37. The molecule has 0 N–H and O–H groups in total. The maximum absolute atomic E-state index is 6.01. The summed E-state index contributed by atoms with van der Waals surface area (Å²) in [5.74, 6) is 15.4. The lowest BCUT2D eigenvalue weighted by molar-refractivity contribution is -0.0802. The molecule has 10 rings (SSSR count). The molecule has 0 amide bonds. The van der Waals surface area contributed by atoms with Gasteiger partial charge in [0, 0.05) is 26.9 Å². The molecule has 9 aliphatic rings. The van der Waals surface area contributed by atoms with Gasteiger partial charge < -0.3 is 37.9 Å². The molecular formula is C100H188O8. The first-order valence-corrected chi connectivity index (χ1v) is 46.9. The molecule has 0 heterocycles. The van der Waals surface area contributed by atoms with Crippen molar-refractivity contribution < 1.29 is 37.9 Å². The molecule has 108 heavy (non-hydrogen) atoms. The average molecular weight is 1520 g/mol. The predicted octanol–water partition coefficient (Wildman–Crippen LogP) is 29.2. The second-order valence-electron chi connectivity index (χ2n) is 40.1. The molecule has 9 saturated carbocycles. The van der Waals surface area contributed by atoms with E-state index >= 15 is 0 Å². The SMILES string of the molecule is C=CCOC1CCC(C(C)C)CC1.CC(C)C1CCC(OC(C)(C)C)CC1.CC(C)C1CCC(OCC2CC2)CC1.CC(C)C1CCC(OCc2ccccc2)CC1.CC(C)OC1CCC(C(C)C)CC1.CCCOC1CCC(C(C)C)CC1.CCOC1CCC(C(C)C)CC1.COC1(C)CCC(C(C)C)CC1. The standard InChI is InChI=1S/C16H24O.C13H24O.C13H26O.2C12H24O.C12H22O.2C11H22O/c1-13(2)15-8-10-16(11-9-15)17-12-14-6-4-3-5-7-14;1-10(2)12-5-7-13(8-6-12)14-9-11-3-4-11;1-10(2)11-6-8-12(9-7-11)14-13(3,4)5;1-9(2)11-5-7-12(8-6-11)13-10(3)4;2*1-4-9-13-12-7-5-11(6-8-12)10(2)3;1-9(2)10-5-7-11(3,12-4)8-6-10;1-4-12-11-7-5-10(6-8-11)9(2)3/h3-7,13,15-16H,8-12H2,1-2H3;10-13H,3-9H2,1-2H3;10-12H,6-9H2,1-5H3;9-12H,5-8H2,1-4H3;10-12H,4-9H2,1-3H3;4,10-12H,1,5-9H2,2-3H3;9-10H,5-8H2,1-4H3;9-11H,4-8H2,1-3H3. The number of benzene rings is 1. The van der Waals surface area contributed by atoms with E-state index in [4.69, 9.17) is 37.9 Å². The van der Waals surface area contributed by atoms with Crippen LogP contribution in [0.2, 0.25) is 0 Å². The van der Waals surface area contributed by atoms with E-state index < -0.39 is 0 Å². The molecule has 0 atom stereocenters. The zero-order chi connectivity index (χ0) is 80.2. The van der Waals surface area contributed by atoms with Crippen molar-refractivity contribution in [3.63, 3.8) is 0 Å². The zero-order valence-corrected chi connectivity index (χ0v) is 76.7. The van der Waals surface area contributed by atoms with Crippen LogP contribution in [0.5, 0.6) is 0 Å². The second-order valence-corrected chi connectivity index (χ2v) is 40.1. The van der Waals surface area contributed by atoms with Crippen molar-refractivity contribution in [1.82, 2.24) is 0 Å². The summed E-state index contributed by atoms with van der Waals surface area (Å²) in [4.78, 5) is 0. The van der Waals surface area contributed by atoms with Gasteiger partial charge in [-0.3, -0.25) is 0 Å². The first kappa shape index (κ1) is 101. The normalized spacial score (nSPS) is 30.4. The van der Waals surface area contributed by atoms with E-state index in [2.05, 4.69) is 203 Å². The van der Waals surface area contributed by atoms with Crippen LogP contribution < -0.4 is 0 Å². The Morgan fingerprint density at radius 3 is 0.981 bits per heavy atom. The van der Waals surface area contributed by atoms with Crippen molar-refractivity contribution in [2.75, 3.05) is 33.5 Å². The third-order valence-electron chi connectivity index (χ3n) is 27.1. The highest BCUT2D eigenvalue weighted by atomic mass is 16.5. The number of methoxy groups -OCH3 is 1. The van der Waals surface area contributed by atoms with Crippen LogP contribution in [-0.2, 0) is 44.5 Å². The van der Waals surface area contributed by atoms with Crippen LogP contribution in [0.3, 0.4) is 0 Å². The monoisotopic (exact) mass is 1520 g/mol. The van der Waals surface area contributed by atoms with Crippen molar-refractivity contribution in [2.45, 2.75) is 458 Å². The van der Waals surface area contributed by atoms with Gasteiger partial charge >= 0.3 is 0 Å². The minimum atomic E-state index is 0.0370. The van der Waals surface area contributed by atoms with Crippen molar-refractivity contribution in [3.8, 4) is 0 Å². The number of hydrogen-bond donors (Lipinski definition) is 0. The van der Waals surface area contributed by atoms with Crippen LogP contribution in [0.25, 0.3) is 0 Å². The van der Waals surface area contributed by atoms with E-state index in [1.807, 2.05) is 13.2 Å². The Morgan fingerprint density at radius 2 is 0.685 bits per heavy atom. The summed E-state index contributed by atoms with van der Waals surface area (Å²) in [6.07, 6.45) is 52.3. The summed E-state index contributed by atoms with van der Waals surface area (Å²) in [6.45, 7) is 62.8. The maximum Gasteiger partial charge on any atom is 0.0720 e. The summed E-state index contributed by atoms with van der Waals surface area (Å²) in [5, 5.41) is 0. The molecule has 1 aromatic rings. The molecule has 636 valence electrons. The van der Waals surface area contributed by atoms with Gasteiger partial charge in [-0.15, -0.1) is 6.58 Å². The molecule has 8 heteroatoms. The molecule has 0 saturated heterocycles. The Balaban J connectivity index is 0.000000321. The summed E-state index contributed by atoms with van der Waals surface area (Å²) in [7, 11) is 1.84. The van der Waals surface area contributed by atoms with Crippen LogP contribution in [0.15, 0.2) is 43.0 Å². The first-order valence-electron chi connectivity index (χ1n) is 46.9. The molecule has 0 spiro atoms. The van der Waals surface area contributed by atoms with E-state index in [-0.39, 0.29) is 11.2 Å². The van der Waals surface area contributed by atoms with E-state index in [0.717, 1.165) is 140 Å². The Labute approximate surface area is 674 Å². The van der Waals surface area contributed by atoms with Crippen LogP contribution in [0, 0.1) is 101 Å². The highest BCUT2D eigenvalue weighted by Crippen LogP contribution is 2.40. The summed E-state index contributed by atoms with van der Waals surface area (Å²) in [6, 6.07) is 10.5. The Kier molecular flexibility index (Phi) is 53.1. The Hall–Kier alpha value is -1.36. The topological polar surface area (TPSA) is 73.8 Å². The highest BCUT2D eigenvalue weighted by molar-refractivity contribution is 5.13. The summed E-state index contributed by atoms with van der Waals surface area (Å²) in [5.41, 5.74) is 1.51. The van der Waals surface area contributed by atoms with Gasteiger partial charge in [-0.25, -0.2) is 0 Å². The van der Waals surface area contributed by atoms with Crippen molar-refractivity contribution >= 4 is 0 Å². The zero-order valence-electron chi connectivity index (χ0n) is 76.7. The Bertz CT molecular complexity index is 2200. The quantitative estimate of drug-likeness (QED) is 0.0850. The minimum absolute atomic E-state index is 0.0370. The van der Waals surface area contributed by atoms with Gasteiger partial charge in [-0.1, -0.05) is 154 Å². The van der Waals surface area contributed by atoms with Crippen LogP contribution in [0.4, 0.5) is 0 Å². The third kappa shape index (κ3) is 45.8. The van der Waals surface area contributed by atoms with E-state index in [1.165, 1.54) is 224 Å². The third-order valence-corrected chi connectivity index (χ3v) is 27.1. The molecule has 9 fully saturated rings. The molecule has 0 unspecified atom stereocenters. The van der Waals surface area contributed by atoms with Crippen LogP contribution in [0.1, 0.15) is 396 Å². The van der Waals surface area contributed by atoms with Crippen LogP contribution >= 0.6 is 0 Å². The van der Waals surface area contributed by atoms with Crippen LogP contribution in [-0.4, -0.2) is 93.6 Å². The fraction of sp³-hybridized carbons (Fsp3) is 0.920.